The van der Waals surface area contributed by atoms with Gasteiger partial charge in [0.15, 0.2) is 6.61 Å². The molecule has 0 N–H and O–H groups in total. The van der Waals surface area contributed by atoms with Crippen LogP contribution in [0.25, 0.3) is 0 Å². The van der Waals surface area contributed by atoms with Crippen molar-refractivity contribution in [2.24, 2.45) is 0 Å². The number of alkyl halides is 2. The molecule has 0 aliphatic heterocycles. The fourth-order valence-corrected chi connectivity index (χ4v) is 1.26. The van der Waals surface area contributed by atoms with Crippen molar-refractivity contribution < 1.29 is 17.9 Å². The Morgan fingerprint density at radius 1 is 1.44 bits per heavy atom. The van der Waals surface area contributed by atoms with Crippen LogP contribution in [-0.2, 0) is 0 Å². The van der Waals surface area contributed by atoms with Crippen molar-refractivity contribution in [1.29, 1.82) is 0 Å². The first-order valence-electron chi connectivity index (χ1n) is 5.11. The lowest BCUT2D eigenvalue weighted by atomic mass is 9.99. The van der Waals surface area contributed by atoms with Crippen LogP contribution in [0.4, 0.5) is 13.2 Å². The minimum Gasteiger partial charge on any atom is -0.472 e. The average molecular weight is 233 g/mol. The fourth-order valence-electron chi connectivity index (χ4n) is 1.26. The van der Waals surface area contributed by atoms with E-state index in [0.717, 1.165) is 12.6 Å². The summed E-state index contributed by atoms with van der Waals surface area (Å²) in [7, 11) is 0. The van der Waals surface area contributed by atoms with Crippen LogP contribution in [-0.4, -0.2) is 18.0 Å². The van der Waals surface area contributed by atoms with E-state index in [0.29, 0.717) is 5.56 Å². The number of ether oxygens (including phenoxy) is 1. The second kappa shape index (κ2) is 5.72. The highest BCUT2D eigenvalue weighted by Crippen LogP contribution is 2.24. The number of halogens is 3. The van der Waals surface area contributed by atoms with Gasteiger partial charge in [-0.2, -0.15) is 0 Å². The molecule has 0 amide bonds. The summed E-state index contributed by atoms with van der Waals surface area (Å²) in [5, 5.41) is 0. The average Bonchev–Trinajstić information content (AvgIpc) is 2.27. The molecule has 0 aliphatic rings. The smallest absolute Gasteiger partial charge is 0.272 e. The standard InChI is InChI=1S/C11H14F3NO/c1-3-7(2)8-4-11(15-5-9(8)12)16-6-10(13)14/h4-5,7,10H,3,6H2,1-2H3. The van der Waals surface area contributed by atoms with E-state index < -0.39 is 18.8 Å². The van der Waals surface area contributed by atoms with Crippen molar-refractivity contribution in [1.82, 2.24) is 4.98 Å². The van der Waals surface area contributed by atoms with Crippen LogP contribution in [0, 0.1) is 5.82 Å². The van der Waals surface area contributed by atoms with E-state index in [2.05, 4.69) is 4.98 Å². The van der Waals surface area contributed by atoms with Gasteiger partial charge in [-0.15, -0.1) is 0 Å². The Balaban J connectivity index is 2.81. The third-order valence-electron chi connectivity index (χ3n) is 2.36. The van der Waals surface area contributed by atoms with Crippen LogP contribution in [0.3, 0.4) is 0 Å². The van der Waals surface area contributed by atoms with Crippen LogP contribution in [0.1, 0.15) is 31.7 Å². The molecule has 90 valence electrons. The van der Waals surface area contributed by atoms with Gasteiger partial charge in [-0.25, -0.2) is 18.2 Å². The summed E-state index contributed by atoms with van der Waals surface area (Å²) in [6, 6.07) is 1.38. The SMILES string of the molecule is CCC(C)c1cc(OCC(F)F)ncc1F. The summed E-state index contributed by atoms with van der Waals surface area (Å²) >= 11 is 0. The first-order valence-corrected chi connectivity index (χ1v) is 5.11. The molecule has 0 fully saturated rings. The Labute approximate surface area is 92.5 Å². The summed E-state index contributed by atoms with van der Waals surface area (Å²) in [4.78, 5) is 3.60. The van der Waals surface area contributed by atoms with Crippen molar-refractivity contribution in [3.05, 3.63) is 23.6 Å². The molecule has 0 saturated carbocycles. The lowest BCUT2D eigenvalue weighted by Gasteiger charge is -2.11. The van der Waals surface area contributed by atoms with Gasteiger partial charge in [-0.1, -0.05) is 13.8 Å². The second-order valence-corrected chi connectivity index (χ2v) is 3.56. The fraction of sp³-hybridized carbons (Fsp3) is 0.545. The molecule has 1 heterocycles. The molecule has 0 bridgehead atoms. The van der Waals surface area contributed by atoms with E-state index in [1.165, 1.54) is 6.07 Å². The van der Waals surface area contributed by atoms with Gasteiger partial charge in [0, 0.05) is 6.07 Å². The third kappa shape index (κ3) is 3.40. The Morgan fingerprint density at radius 2 is 2.12 bits per heavy atom. The van der Waals surface area contributed by atoms with Crippen LogP contribution in [0.5, 0.6) is 5.88 Å². The van der Waals surface area contributed by atoms with Crippen molar-refractivity contribution >= 4 is 0 Å². The molecule has 0 saturated heterocycles. The van der Waals surface area contributed by atoms with E-state index in [4.69, 9.17) is 4.74 Å². The molecule has 16 heavy (non-hydrogen) atoms. The lowest BCUT2D eigenvalue weighted by Crippen LogP contribution is -2.09. The Kier molecular flexibility index (Phi) is 4.58. The lowest BCUT2D eigenvalue weighted by molar-refractivity contribution is 0.0794. The molecule has 0 radical (unpaired) electrons. The van der Waals surface area contributed by atoms with Gasteiger partial charge in [0.25, 0.3) is 6.43 Å². The summed E-state index contributed by atoms with van der Waals surface area (Å²) < 4.78 is 41.9. The highest BCUT2D eigenvalue weighted by atomic mass is 19.3. The minimum atomic E-state index is -2.56. The summed E-state index contributed by atoms with van der Waals surface area (Å²) in [5.74, 6) is -0.382. The van der Waals surface area contributed by atoms with E-state index in [-0.39, 0.29) is 11.8 Å². The normalized spacial score (nSPS) is 12.9. The largest absolute Gasteiger partial charge is 0.472 e. The molecular weight excluding hydrogens is 219 g/mol. The quantitative estimate of drug-likeness (QED) is 0.777. The highest BCUT2D eigenvalue weighted by Gasteiger charge is 2.12. The molecular formula is C11H14F3NO. The zero-order chi connectivity index (χ0) is 12.1. The van der Waals surface area contributed by atoms with E-state index in [9.17, 15) is 13.2 Å². The predicted molar refractivity (Wildman–Crippen MR) is 54.4 cm³/mol. The summed E-state index contributed by atoms with van der Waals surface area (Å²) in [6.45, 7) is 3.05. The van der Waals surface area contributed by atoms with E-state index in [1.54, 1.807) is 0 Å². The molecule has 1 atom stereocenters. The zero-order valence-electron chi connectivity index (χ0n) is 9.21. The third-order valence-corrected chi connectivity index (χ3v) is 2.36. The maximum atomic E-state index is 13.3. The van der Waals surface area contributed by atoms with Crippen LogP contribution < -0.4 is 4.74 Å². The van der Waals surface area contributed by atoms with Crippen LogP contribution in [0.15, 0.2) is 12.3 Å². The molecule has 1 rings (SSSR count). The zero-order valence-corrected chi connectivity index (χ0v) is 9.21. The molecule has 1 aromatic heterocycles. The molecule has 1 unspecified atom stereocenters. The molecule has 5 heteroatoms. The topological polar surface area (TPSA) is 22.1 Å². The number of hydrogen-bond acceptors (Lipinski definition) is 2. The molecule has 0 spiro atoms. The number of nitrogens with zero attached hydrogens (tertiary/aromatic N) is 1. The van der Waals surface area contributed by atoms with Gasteiger partial charge in [0.05, 0.1) is 6.20 Å². The van der Waals surface area contributed by atoms with Crippen molar-refractivity contribution in [2.75, 3.05) is 6.61 Å². The van der Waals surface area contributed by atoms with Crippen LogP contribution >= 0.6 is 0 Å². The number of aromatic nitrogens is 1. The van der Waals surface area contributed by atoms with Gasteiger partial charge in [0.2, 0.25) is 5.88 Å². The number of pyridine rings is 1. The first kappa shape index (κ1) is 12.8. The van der Waals surface area contributed by atoms with Crippen molar-refractivity contribution in [3.8, 4) is 5.88 Å². The van der Waals surface area contributed by atoms with Gasteiger partial charge >= 0.3 is 0 Å². The molecule has 2 nitrogen and oxygen atoms in total. The van der Waals surface area contributed by atoms with Crippen molar-refractivity contribution in [3.63, 3.8) is 0 Å². The van der Waals surface area contributed by atoms with Gasteiger partial charge < -0.3 is 4.74 Å². The summed E-state index contributed by atoms with van der Waals surface area (Å²) in [6.07, 6.45) is -0.795. The van der Waals surface area contributed by atoms with Crippen LogP contribution in [0.2, 0.25) is 0 Å². The Hall–Kier alpha value is -1.26. The second-order valence-electron chi connectivity index (χ2n) is 3.56. The van der Waals surface area contributed by atoms with E-state index in [1.807, 2.05) is 13.8 Å². The van der Waals surface area contributed by atoms with Crippen molar-refractivity contribution in [2.45, 2.75) is 32.6 Å². The Bertz CT molecular complexity index is 344. The van der Waals surface area contributed by atoms with Gasteiger partial charge in [0.1, 0.15) is 5.82 Å². The summed E-state index contributed by atoms with van der Waals surface area (Å²) in [5.41, 5.74) is 0.446. The monoisotopic (exact) mass is 233 g/mol. The maximum Gasteiger partial charge on any atom is 0.272 e. The number of hydrogen-bond donors (Lipinski definition) is 0. The molecule has 0 aromatic carbocycles. The van der Waals surface area contributed by atoms with E-state index >= 15 is 0 Å². The van der Waals surface area contributed by atoms with Gasteiger partial charge in [-0.05, 0) is 17.9 Å². The maximum absolute atomic E-state index is 13.3. The van der Waals surface area contributed by atoms with Gasteiger partial charge in [-0.3, -0.25) is 0 Å². The molecule has 0 aliphatic carbocycles. The highest BCUT2D eigenvalue weighted by molar-refractivity contribution is 5.25. The number of rotatable bonds is 5. The molecule has 1 aromatic rings. The Morgan fingerprint density at radius 3 is 2.69 bits per heavy atom. The predicted octanol–water partition coefficient (Wildman–Crippen LogP) is 3.38. The first-order chi connectivity index (χ1) is 7.54. The minimum absolute atomic E-state index is 0.0110.